The largest absolute Gasteiger partial charge is 0.497 e. The fourth-order valence-electron chi connectivity index (χ4n) is 2.48. The first-order valence-corrected chi connectivity index (χ1v) is 8.50. The van der Waals surface area contributed by atoms with Gasteiger partial charge in [0.05, 0.1) is 7.11 Å². The van der Waals surface area contributed by atoms with Crippen LogP contribution in [0, 0.1) is 0 Å². The van der Waals surface area contributed by atoms with E-state index in [1.54, 1.807) is 31.4 Å². The third-order valence-corrected chi connectivity index (χ3v) is 4.03. The summed E-state index contributed by atoms with van der Waals surface area (Å²) in [4.78, 5) is 12.3. The van der Waals surface area contributed by atoms with Gasteiger partial charge in [-0.25, -0.2) is 0 Å². The molecule has 0 heterocycles. The molecule has 0 aromatic heterocycles. The third-order valence-electron chi connectivity index (χ3n) is 4.03. The van der Waals surface area contributed by atoms with E-state index in [2.05, 4.69) is 12.2 Å². The lowest BCUT2D eigenvalue weighted by atomic mass is 10.1. The lowest BCUT2D eigenvalue weighted by molar-refractivity contribution is 0.102. The molecule has 0 aliphatic carbocycles. The zero-order chi connectivity index (χ0) is 18.4. The summed E-state index contributed by atoms with van der Waals surface area (Å²) in [7, 11) is 1.62. The molecule has 0 fully saturated rings. The van der Waals surface area contributed by atoms with E-state index < -0.39 is 0 Å². The lowest BCUT2D eigenvalue weighted by Crippen LogP contribution is -2.11. The van der Waals surface area contributed by atoms with Gasteiger partial charge in [0.2, 0.25) is 0 Å². The second-order valence-corrected chi connectivity index (χ2v) is 5.81. The number of anilines is 1. The molecule has 0 saturated heterocycles. The van der Waals surface area contributed by atoms with E-state index in [0.717, 1.165) is 17.9 Å². The van der Waals surface area contributed by atoms with E-state index in [9.17, 15) is 4.79 Å². The predicted octanol–water partition coefficient (Wildman–Crippen LogP) is 5.30. The second kappa shape index (κ2) is 8.21. The summed E-state index contributed by atoms with van der Waals surface area (Å²) < 4.78 is 10.9. The standard InChI is InChI=1S/C22H21NO3/c1-3-16-4-8-18(9-5-16)23-22(24)17-6-10-20(11-7-17)26-21-14-12-19(25-2)13-15-21/h4-15H,3H2,1-2H3,(H,23,24). The summed E-state index contributed by atoms with van der Waals surface area (Å²) in [5.74, 6) is 2.00. The van der Waals surface area contributed by atoms with E-state index in [0.29, 0.717) is 17.1 Å². The van der Waals surface area contributed by atoms with E-state index in [-0.39, 0.29) is 5.91 Å². The zero-order valence-electron chi connectivity index (χ0n) is 14.9. The highest BCUT2D eigenvalue weighted by molar-refractivity contribution is 6.04. The highest BCUT2D eigenvalue weighted by atomic mass is 16.5. The molecule has 132 valence electrons. The van der Waals surface area contributed by atoms with Crippen molar-refractivity contribution in [2.24, 2.45) is 0 Å². The Morgan fingerprint density at radius 2 is 1.35 bits per heavy atom. The summed E-state index contributed by atoms with van der Waals surface area (Å²) >= 11 is 0. The summed E-state index contributed by atoms with van der Waals surface area (Å²) in [6, 6.07) is 22.2. The molecule has 1 amide bonds. The van der Waals surface area contributed by atoms with Gasteiger partial charge in [0, 0.05) is 11.3 Å². The minimum Gasteiger partial charge on any atom is -0.497 e. The number of aryl methyl sites for hydroxylation is 1. The summed E-state index contributed by atoms with van der Waals surface area (Å²) in [5.41, 5.74) is 2.60. The molecular formula is C22H21NO3. The van der Waals surface area contributed by atoms with Crippen molar-refractivity contribution in [1.29, 1.82) is 0 Å². The summed E-state index contributed by atoms with van der Waals surface area (Å²) in [6.45, 7) is 2.10. The Bertz CT molecular complexity index is 853. The number of nitrogens with one attached hydrogen (secondary N) is 1. The molecule has 0 unspecified atom stereocenters. The molecule has 0 aliphatic heterocycles. The van der Waals surface area contributed by atoms with Gasteiger partial charge in [0.25, 0.3) is 5.91 Å². The van der Waals surface area contributed by atoms with Gasteiger partial charge in [0.1, 0.15) is 17.2 Å². The number of ether oxygens (including phenoxy) is 2. The van der Waals surface area contributed by atoms with Gasteiger partial charge in [-0.1, -0.05) is 19.1 Å². The van der Waals surface area contributed by atoms with Crippen molar-refractivity contribution in [2.75, 3.05) is 12.4 Å². The van der Waals surface area contributed by atoms with E-state index in [4.69, 9.17) is 9.47 Å². The fraction of sp³-hybridized carbons (Fsp3) is 0.136. The first-order valence-electron chi connectivity index (χ1n) is 8.50. The molecule has 0 aliphatic rings. The minimum atomic E-state index is -0.148. The molecule has 4 heteroatoms. The van der Waals surface area contributed by atoms with E-state index >= 15 is 0 Å². The van der Waals surface area contributed by atoms with Crippen LogP contribution >= 0.6 is 0 Å². The Morgan fingerprint density at radius 1 is 0.808 bits per heavy atom. The van der Waals surface area contributed by atoms with Crippen LogP contribution in [0.1, 0.15) is 22.8 Å². The highest BCUT2D eigenvalue weighted by Gasteiger charge is 2.07. The maximum Gasteiger partial charge on any atom is 0.255 e. The quantitative estimate of drug-likeness (QED) is 0.658. The molecule has 0 spiro atoms. The molecule has 0 radical (unpaired) electrons. The maximum absolute atomic E-state index is 12.3. The average molecular weight is 347 g/mol. The number of benzene rings is 3. The van der Waals surface area contributed by atoms with Gasteiger partial charge in [0.15, 0.2) is 0 Å². The Labute approximate surface area is 153 Å². The molecule has 0 saturated carbocycles. The van der Waals surface area contributed by atoms with E-state index in [1.165, 1.54) is 5.56 Å². The summed E-state index contributed by atoms with van der Waals surface area (Å²) in [5, 5.41) is 2.90. The number of hydrogen-bond donors (Lipinski definition) is 1. The van der Waals surface area contributed by atoms with Crippen molar-refractivity contribution in [3.05, 3.63) is 83.9 Å². The Morgan fingerprint density at radius 3 is 1.88 bits per heavy atom. The van der Waals surface area contributed by atoms with Crippen LogP contribution in [0.3, 0.4) is 0 Å². The van der Waals surface area contributed by atoms with Crippen molar-refractivity contribution < 1.29 is 14.3 Å². The Balaban J connectivity index is 1.63. The first-order chi connectivity index (χ1) is 12.7. The molecule has 1 N–H and O–H groups in total. The van der Waals surface area contributed by atoms with Crippen molar-refractivity contribution in [2.45, 2.75) is 13.3 Å². The predicted molar refractivity (Wildman–Crippen MR) is 103 cm³/mol. The van der Waals surface area contributed by atoms with Crippen LogP contribution in [0.2, 0.25) is 0 Å². The molecule has 0 bridgehead atoms. The van der Waals surface area contributed by atoms with Gasteiger partial charge in [-0.2, -0.15) is 0 Å². The first kappa shape index (κ1) is 17.5. The number of methoxy groups -OCH3 is 1. The minimum absolute atomic E-state index is 0.148. The fourth-order valence-corrected chi connectivity index (χ4v) is 2.48. The van der Waals surface area contributed by atoms with Gasteiger partial charge in [-0.05, 0) is 72.6 Å². The summed E-state index contributed by atoms with van der Waals surface area (Å²) in [6.07, 6.45) is 0.976. The van der Waals surface area contributed by atoms with Crippen molar-refractivity contribution in [3.8, 4) is 17.2 Å². The normalized spacial score (nSPS) is 10.2. The number of carbonyl (C=O) groups excluding carboxylic acids is 1. The topological polar surface area (TPSA) is 47.6 Å². The number of amides is 1. The molecule has 26 heavy (non-hydrogen) atoms. The van der Waals surface area contributed by atoms with Crippen LogP contribution in [-0.4, -0.2) is 13.0 Å². The van der Waals surface area contributed by atoms with Crippen molar-refractivity contribution in [3.63, 3.8) is 0 Å². The second-order valence-electron chi connectivity index (χ2n) is 5.81. The maximum atomic E-state index is 12.3. The van der Waals surface area contributed by atoms with Crippen molar-refractivity contribution >= 4 is 11.6 Å². The monoisotopic (exact) mass is 347 g/mol. The third kappa shape index (κ3) is 4.42. The number of hydrogen-bond acceptors (Lipinski definition) is 3. The van der Waals surface area contributed by atoms with Crippen LogP contribution in [0.5, 0.6) is 17.2 Å². The molecular weight excluding hydrogens is 326 g/mol. The van der Waals surface area contributed by atoms with Gasteiger partial charge in [-0.15, -0.1) is 0 Å². The molecule has 4 nitrogen and oxygen atoms in total. The number of carbonyl (C=O) groups is 1. The van der Waals surface area contributed by atoms with Gasteiger partial charge in [-0.3, -0.25) is 4.79 Å². The van der Waals surface area contributed by atoms with Gasteiger partial charge < -0.3 is 14.8 Å². The van der Waals surface area contributed by atoms with Crippen molar-refractivity contribution in [1.82, 2.24) is 0 Å². The zero-order valence-corrected chi connectivity index (χ0v) is 14.9. The van der Waals surface area contributed by atoms with Crippen LogP contribution in [0.4, 0.5) is 5.69 Å². The molecule has 0 atom stereocenters. The smallest absolute Gasteiger partial charge is 0.255 e. The average Bonchev–Trinajstić information content (AvgIpc) is 2.69. The van der Waals surface area contributed by atoms with Crippen LogP contribution in [-0.2, 0) is 6.42 Å². The Hall–Kier alpha value is -3.27. The van der Waals surface area contributed by atoms with E-state index in [1.807, 2.05) is 48.5 Å². The van der Waals surface area contributed by atoms with Crippen LogP contribution in [0.15, 0.2) is 72.8 Å². The molecule has 3 aromatic rings. The SMILES string of the molecule is CCc1ccc(NC(=O)c2ccc(Oc3ccc(OC)cc3)cc2)cc1. The number of rotatable bonds is 6. The Kier molecular flexibility index (Phi) is 5.54. The van der Waals surface area contributed by atoms with Crippen LogP contribution < -0.4 is 14.8 Å². The molecule has 3 rings (SSSR count). The van der Waals surface area contributed by atoms with Crippen LogP contribution in [0.25, 0.3) is 0 Å². The molecule has 3 aromatic carbocycles. The van der Waals surface area contributed by atoms with Gasteiger partial charge >= 0.3 is 0 Å². The highest BCUT2D eigenvalue weighted by Crippen LogP contribution is 2.24. The lowest BCUT2D eigenvalue weighted by Gasteiger charge is -2.09.